The Morgan fingerprint density at radius 3 is 3.08 bits per heavy atom. The van der Waals surface area contributed by atoms with Gasteiger partial charge in [0.1, 0.15) is 17.7 Å². The van der Waals surface area contributed by atoms with E-state index in [2.05, 4.69) is 15.3 Å². The fourth-order valence-electron chi connectivity index (χ4n) is 3.51. The molecule has 7 heteroatoms. The van der Waals surface area contributed by atoms with Gasteiger partial charge < -0.3 is 15.0 Å². The highest BCUT2D eigenvalue weighted by atomic mass is 19.1. The number of carbonyl (C=O) groups is 1. The van der Waals surface area contributed by atoms with Crippen LogP contribution in [0.5, 0.6) is 5.75 Å². The van der Waals surface area contributed by atoms with Crippen molar-refractivity contribution in [3.05, 3.63) is 47.4 Å². The van der Waals surface area contributed by atoms with Crippen LogP contribution in [0.2, 0.25) is 0 Å². The first-order valence-electron chi connectivity index (χ1n) is 8.92. The van der Waals surface area contributed by atoms with Crippen molar-refractivity contribution in [3.63, 3.8) is 0 Å². The van der Waals surface area contributed by atoms with Crippen LogP contribution in [-0.4, -0.2) is 41.2 Å². The maximum Gasteiger partial charge on any atom is 0.253 e. The van der Waals surface area contributed by atoms with E-state index < -0.39 is 12.3 Å². The predicted molar refractivity (Wildman–Crippen MR) is 95.2 cm³/mol. The van der Waals surface area contributed by atoms with E-state index in [9.17, 15) is 9.18 Å². The Morgan fingerprint density at radius 2 is 2.35 bits per heavy atom. The highest BCUT2D eigenvalue weighted by Crippen LogP contribution is 2.29. The van der Waals surface area contributed by atoms with Crippen LogP contribution >= 0.6 is 0 Å². The largest absolute Gasteiger partial charge is 0.486 e. The van der Waals surface area contributed by atoms with Gasteiger partial charge in [0.15, 0.2) is 6.17 Å². The van der Waals surface area contributed by atoms with Crippen molar-refractivity contribution in [3.8, 4) is 5.75 Å². The van der Waals surface area contributed by atoms with Crippen LogP contribution < -0.4 is 15.0 Å². The number of halogens is 1. The minimum atomic E-state index is -1.12. The van der Waals surface area contributed by atoms with E-state index in [-0.39, 0.29) is 12.5 Å². The van der Waals surface area contributed by atoms with Gasteiger partial charge in [0, 0.05) is 19.2 Å². The molecule has 1 N–H and O–H groups in total. The molecule has 4 rings (SSSR count). The number of amides is 1. The van der Waals surface area contributed by atoms with Gasteiger partial charge >= 0.3 is 0 Å². The fourth-order valence-corrected chi connectivity index (χ4v) is 3.51. The first-order chi connectivity index (χ1) is 12.7. The number of hydrogen-bond acceptors (Lipinski definition) is 5. The van der Waals surface area contributed by atoms with E-state index >= 15 is 0 Å². The number of ether oxygens (including phenoxy) is 1. The van der Waals surface area contributed by atoms with Crippen LogP contribution in [0.3, 0.4) is 0 Å². The summed E-state index contributed by atoms with van der Waals surface area (Å²) in [7, 11) is 0. The average Bonchev–Trinajstić information content (AvgIpc) is 3.03. The Hall–Kier alpha value is -2.70. The number of rotatable bonds is 4. The molecule has 136 valence electrons. The number of anilines is 1. The van der Waals surface area contributed by atoms with Gasteiger partial charge in [-0.05, 0) is 30.2 Å². The quantitative estimate of drug-likeness (QED) is 0.910. The summed E-state index contributed by atoms with van der Waals surface area (Å²) in [5.74, 6) is 1.29. The van der Waals surface area contributed by atoms with E-state index in [1.165, 1.54) is 0 Å². The summed E-state index contributed by atoms with van der Waals surface area (Å²) in [5, 5.41) is 2.79. The van der Waals surface area contributed by atoms with Crippen molar-refractivity contribution >= 4 is 11.7 Å². The highest BCUT2D eigenvalue weighted by molar-refractivity contribution is 5.98. The molecule has 6 nitrogen and oxygen atoms in total. The third kappa shape index (κ3) is 3.09. The number of alkyl halides is 1. The van der Waals surface area contributed by atoms with Gasteiger partial charge in [-0.3, -0.25) is 9.78 Å². The molecule has 0 aromatic carbocycles. The Labute approximate surface area is 151 Å². The van der Waals surface area contributed by atoms with Crippen LogP contribution in [0.4, 0.5) is 10.2 Å². The highest BCUT2D eigenvalue weighted by Gasteiger charge is 2.33. The lowest BCUT2D eigenvalue weighted by molar-refractivity contribution is 0.0815. The van der Waals surface area contributed by atoms with Gasteiger partial charge in [-0.25, -0.2) is 9.37 Å². The Bertz CT molecular complexity index is 815. The molecule has 0 aliphatic carbocycles. The second-order valence-electron chi connectivity index (χ2n) is 6.60. The number of aryl methyl sites for hydroxylation is 1. The zero-order chi connectivity index (χ0) is 18.1. The van der Waals surface area contributed by atoms with Crippen molar-refractivity contribution in [2.45, 2.75) is 38.6 Å². The Morgan fingerprint density at radius 1 is 1.46 bits per heavy atom. The third-order valence-corrected chi connectivity index (χ3v) is 4.90. The molecule has 4 heterocycles. The molecular weight excluding hydrogens is 335 g/mol. The van der Waals surface area contributed by atoms with Crippen molar-refractivity contribution in [1.29, 1.82) is 0 Å². The molecule has 2 aromatic heterocycles. The molecule has 0 radical (unpaired) electrons. The number of hydrogen-bond donors (Lipinski definition) is 1. The van der Waals surface area contributed by atoms with Gasteiger partial charge in [-0.2, -0.15) is 0 Å². The fraction of sp³-hybridized carbons (Fsp3) is 0.421. The van der Waals surface area contributed by atoms with Crippen LogP contribution in [0.25, 0.3) is 0 Å². The van der Waals surface area contributed by atoms with E-state index in [1.807, 2.05) is 17.9 Å². The van der Waals surface area contributed by atoms with E-state index in [0.717, 1.165) is 23.5 Å². The SMILES string of the molecule is CCc1cc2c(nc1N1CCC(Oc3cccnc3)[C@H](F)C1)CNC2=O. The van der Waals surface area contributed by atoms with Crippen LogP contribution in [0.15, 0.2) is 30.6 Å². The maximum absolute atomic E-state index is 14.8. The lowest BCUT2D eigenvalue weighted by atomic mass is 10.0. The number of piperidine rings is 1. The molecule has 0 bridgehead atoms. The molecule has 2 atom stereocenters. The minimum Gasteiger partial charge on any atom is -0.486 e. The van der Waals surface area contributed by atoms with Crippen molar-refractivity contribution in [2.75, 3.05) is 18.0 Å². The average molecular weight is 356 g/mol. The van der Waals surface area contributed by atoms with Gasteiger partial charge in [-0.15, -0.1) is 0 Å². The summed E-state index contributed by atoms with van der Waals surface area (Å²) >= 11 is 0. The summed E-state index contributed by atoms with van der Waals surface area (Å²) in [6.07, 6.45) is 2.96. The summed E-state index contributed by atoms with van der Waals surface area (Å²) in [4.78, 5) is 22.5. The molecular formula is C19H21FN4O2. The smallest absolute Gasteiger partial charge is 0.253 e. The summed E-state index contributed by atoms with van der Waals surface area (Å²) in [6.45, 7) is 3.34. The molecule has 2 aromatic rings. The number of carbonyl (C=O) groups excluding carboxylic acids is 1. The molecule has 26 heavy (non-hydrogen) atoms. The molecule has 2 aliphatic heterocycles. The molecule has 1 fully saturated rings. The van der Waals surface area contributed by atoms with Crippen LogP contribution in [-0.2, 0) is 13.0 Å². The van der Waals surface area contributed by atoms with Gasteiger partial charge in [0.2, 0.25) is 0 Å². The second kappa shape index (κ2) is 6.90. The van der Waals surface area contributed by atoms with Gasteiger partial charge in [-0.1, -0.05) is 6.92 Å². The molecule has 1 unspecified atom stereocenters. The lowest BCUT2D eigenvalue weighted by Crippen LogP contribution is -2.47. The zero-order valence-corrected chi connectivity index (χ0v) is 14.6. The molecule has 1 saturated heterocycles. The summed E-state index contributed by atoms with van der Waals surface area (Å²) < 4.78 is 20.5. The Kier molecular flexibility index (Phi) is 4.44. The number of nitrogens with zero attached hydrogens (tertiary/aromatic N) is 3. The predicted octanol–water partition coefficient (Wildman–Crippen LogP) is 2.28. The van der Waals surface area contributed by atoms with E-state index in [1.54, 1.807) is 24.5 Å². The maximum atomic E-state index is 14.8. The van der Waals surface area contributed by atoms with Crippen molar-refractivity contribution < 1.29 is 13.9 Å². The minimum absolute atomic E-state index is 0.0827. The zero-order valence-electron chi connectivity index (χ0n) is 14.6. The Balaban J connectivity index is 1.51. The second-order valence-corrected chi connectivity index (χ2v) is 6.60. The number of fused-ring (bicyclic) bond motifs is 1. The molecule has 0 spiro atoms. The molecule has 1 amide bonds. The third-order valence-electron chi connectivity index (χ3n) is 4.90. The normalized spacial score (nSPS) is 22.1. The van der Waals surface area contributed by atoms with Gasteiger partial charge in [0.25, 0.3) is 5.91 Å². The summed E-state index contributed by atoms with van der Waals surface area (Å²) in [6, 6.07) is 5.45. The first kappa shape index (κ1) is 16.8. The lowest BCUT2D eigenvalue weighted by Gasteiger charge is -2.36. The number of pyridine rings is 2. The van der Waals surface area contributed by atoms with Crippen molar-refractivity contribution in [2.24, 2.45) is 0 Å². The monoisotopic (exact) mass is 356 g/mol. The number of aromatic nitrogens is 2. The van der Waals surface area contributed by atoms with Crippen LogP contribution in [0.1, 0.15) is 35.0 Å². The topological polar surface area (TPSA) is 67.3 Å². The standard InChI is InChI=1S/C19H21FN4O2/c1-2-12-8-14-16(10-22-19(14)25)23-18(12)24-7-5-17(15(20)11-24)26-13-4-3-6-21-9-13/h3-4,6,8-9,15,17H,2,5,7,10-11H2,1H3,(H,22,25)/t15-,17?/m1/s1. The number of nitrogens with one attached hydrogen (secondary N) is 1. The van der Waals surface area contributed by atoms with E-state index in [0.29, 0.717) is 30.8 Å². The van der Waals surface area contributed by atoms with Crippen LogP contribution in [0, 0.1) is 0 Å². The first-order valence-corrected chi connectivity index (χ1v) is 8.92. The molecule has 0 saturated carbocycles. The van der Waals surface area contributed by atoms with E-state index in [4.69, 9.17) is 4.74 Å². The molecule has 2 aliphatic rings. The van der Waals surface area contributed by atoms with Gasteiger partial charge in [0.05, 0.1) is 30.5 Å². The summed E-state index contributed by atoms with van der Waals surface area (Å²) in [5.41, 5.74) is 2.35. The van der Waals surface area contributed by atoms with Crippen molar-refractivity contribution in [1.82, 2.24) is 15.3 Å².